The minimum absolute atomic E-state index is 0.161. The lowest BCUT2D eigenvalue weighted by molar-refractivity contribution is -0.130. The Balaban J connectivity index is 1.95. The smallest absolute Gasteiger partial charge is 0.250 e. The first-order chi connectivity index (χ1) is 9.02. The van der Waals surface area contributed by atoms with Gasteiger partial charge in [-0.15, -0.1) is 0 Å². The van der Waals surface area contributed by atoms with Gasteiger partial charge in [0, 0.05) is 24.3 Å². The lowest BCUT2D eigenvalue weighted by atomic mass is 9.95. The number of amides is 1. The Labute approximate surface area is 121 Å². The predicted molar refractivity (Wildman–Crippen MR) is 77.4 cm³/mol. The number of likely N-dealkylation sites (tertiary alicyclic amines) is 1. The van der Waals surface area contributed by atoms with Gasteiger partial charge in [-0.25, -0.2) is 0 Å². The van der Waals surface area contributed by atoms with Gasteiger partial charge in [0.15, 0.2) is 0 Å². The number of pyridine rings is 1. The number of aryl methyl sites for hydroxylation is 1. The quantitative estimate of drug-likeness (QED) is 0.797. The molecule has 0 unspecified atom stereocenters. The van der Waals surface area contributed by atoms with E-state index in [0.717, 1.165) is 47.2 Å². The third-order valence-corrected chi connectivity index (χ3v) is 4.92. The van der Waals surface area contributed by atoms with Gasteiger partial charge in [0.1, 0.15) is 5.54 Å². The molecule has 1 spiro atoms. The number of carbonyl (C=O) groups is 1. The second-order valence-corrected chi connectivity index (χ2v) is 6.24. The van der Waals surface area contributed by atoms with Crippen LogP contribution >= 0.6 is 15.9 Å². The fraction of sp³-hybridized carbons (Fsp3) is 0.500. The van der Waals surface area contributed by atoms with Crippen molar-refractivity contribution in [3.63, 3.8) is 0 Å². The molecular weight excluding hydrogens is 306 g/mol. The van der Waals surface area contributed by atoms with E-state index in [1.54, 1.807) is 4.90 Å². The highest BCUT2D eigenvalue weighted by Gasteiger charge is 2.48. The SMILES string of the molecule is Cc1cnc(C2=N[C@]3(CC2)CCN(C)C3=O)cc1Br. The van der Waals surface area contributed by atoms with Crippen LogP contribution in [0.5, 0.6) is 0 Å². The fourth-order valence-corrected chi connectivity index (χ4v) is 3.11. The van der Waals surface area contributed by atoms with Crippen molar-refractivity contribution in [2.24, 2.45) is 4.99 Å². The summed E-state index contributed by atoms with van der Waals surface area (Å²) < 4.78 is 1.04. The summed E-state index contributed by atoms with van der Waals surface area (Å²) in [5.74, 6) is 0.161. The van der Waals surface area contributed by atoms with Gasteiger partial charge in [0.25, 0.3) is 0 Å². The average molecular weight is 322 g/mol. The van der Waals surface area contributed by atoms with Crippen LogP contribution in [0.2, 0.25) is 0 Å². The van der Waals surface area contributed by atoms with Crippen LogP contribution in [-0.4, -0.2) is 40.6 Å². The van der Waals surface area contributed by atoms with Crippen LogP contribution in [0.25, 0.3) is 0 Å². The van der Waals surface area contributed by atoms with Crippen LogP contribution in [0.4, 0.5) is 0 Å². The molecule has 100 valence electrons. The summed E-state index contributed by atoms with van der Waals surface area (Å²) in [5.41, 5.74) is 2.46. The number of hydrogen-bond donors (Lipinski definition) is 0. The lowest BCUT2D eigenvalue weighted by Gasteiger charge is -2.16. The second-order valence-electron chi connectivity index (χ2n) is 5.39. The number of rotatable bonds is 1. The van der Waals surface area contributed by atoms with Gasteiger partial charge in [0.2, 0.25) is 5.91 Å². The molecule has 0 bridgehead atoms. The third kappa shape index (κ3) is 2.00. The summed E-state index contributed by atoms with van der Waals surface area (Å²) >= 11 is 3.52. The summed E-state index contributed by atoms with van der Waals surface area (Å²) in [6.07, 6.45) is 4.33. The molecule has 0 saturated carbocycles. The molecular formula is C14H16BrN3O. The first-order valence-corrected chi connectivity index (χ1v) is 7.28. The Bertz CT molecular complexity index is 584. The summed E-state index contributed by atoms with van der Waals surface area (Å²) in [5, 5.41) is 0. The van der Waals surface area contributed by atoms with E-state index in [1.165, 1.54) is 0 Å². The maximum atomic E-state index is 12.2. The van der Waals surface area contributed by atoms with E-state index in [-0.39, 0.29) is 5.91 Å². The van der Waals surface area contributed by atoms with Crippen molar-refractivity contribution < 1.29 is 4.79 Å². The Kier molecular flexibility index (Phi) is 2.96. The monoisotopic (exact) mass is 321 g/mol. The Morgan fingerprint density at radius 2 is 2.21 bits per heavy atom. The summed E-state index contributed by atoms with van der Waals surface area (Å²) in [4.78, 5) is 23.2. The van der Waals surface area contributed by atoms with Crippen LogP contribution in [0.15, 0.2) is 21.7 Å². The Morgan fingerprint density at radius 1 is 1.42 bits per heavy atom. The van der Waals surface area contributed by atoms with Crippen LogP contribution < -0.4 is 0 Å². The minimum Gasteiger partial charge on any atom is -0.344 e. The van der Waals surface area contributed by atoms with Gasteiger partial charge in [-0.1, -0.05) is 15.9 Å². The molecule has 1 aromatic heterocycles. The molecule has 2 aliphatic heterocycles. The molecule has 0 radical (unpaired) electrons. The highest BCUT2D eigenvalue weighted by molar-refractivity contribution is 9.10. The fourth-order valence-electron chi connectivity index (χ4n) is 2.79. The van der Waals surface area contributed by atoms with E-state index in [2.05, 4.69) is 20.9 Å². The molecule has 0 aliphatic carbocycles. The average Bonchev–Trinajstić information content (AvgIpc) is 2.94. The Hall–Kier alpha value is -1.23. The van der Waals surface area contributed by atoms with Crippen LogP contribution in [0.1, 0.15) is 30.5 Å². The Morgan fingerprint density at radius 3 is 2.84 bits per heavy atom. The van der Waals surface area contributed by atoms with Gasteiger partial charge < -0.3 is 4.90 Å². The summed E-state index contributed by atoms with van der Waals surface area (Å²) in [7, 11) is 1.85. The van der Waals surface area contributed by atoms with Crippen LogP contribution in [0, 0.1) is 6.92 Å². The van der Waals surface area contributed by atoms with Crippen molar-refractivity contribution in [3.05, 3.63) is 28.0 Å². The van der Waals surface area contributed by atoms with Crippen molar-refractivity contribution in [1.82, 2.24) is 9.88 Å². The molecule has 19 heavy (non-hydrogen) atoms. The zero-order chi connectivity index (χ0) is 13.6. The topological polar surface area (TPSA) is 45.6 Å². The van der Waals surface area contributed by atoms with Crippen LogP contribution in [0.3, 0.4) is 0 Å². The molecule has 1 saturated heterocycles. The summed E-state index contributed by atoms with van der Waals surface area (Å²) in [6.45, 7) is 2.81. The molecule has 1 fully saturated rings. The molecule has 5 heteroatoms. The first kappa shape index (κ1) is 12.8. The van der Waals surface area contributed by atoms with E-state index in [1.807, 2.05) is 26.2 Å². The van der Waals surface area contributed by atoms with Crippen molar-refractivity contribution >= 4 is 27.5 Å². The van der Waals surface area contributed by atoms with Crippen molar-refractivity contribution in [2.45, 2.75) is 31.7 Å². The van der Waals surface area contributed by atoms with Crippen molar-refractivity contribution in [3.8, 4) is 0 Å². The predicted octanol–water partition coefficient (Wildman–Crippen LogP) is 2.34. The van der Waals surface area contributed by atoms with E-state index >= 15 is 0 Å². The molecule has 1 aromatic rings. The maximum Gasteiger partial charge on any atom is 0.250 e. The molecule has 0 N–H and O–H groups in total. The summed E-state index contributed by atoms with van der Waals surface area (Å²) in [6, 6.07) is 2.00. The van der Waals surface area contributed by atoms with Crippen molar-refractivity contribution in [2.75, 3.05) is 13.6 Å². The molecule has 2 aliphatic rings. The standard InChI is InChI=1S/C14H16BrN3O/c1-9-8-16-12(7-10(9)15)11-3-4-14(17-11)5-6-18(2)13(14)19/h7-8H,3-6H2,1-2H3/t14-/m1/s1. The lowest BCUT2D eigenvalue weighted by Crippen LogP contribution is -2.35. The highest BCUT2D eigenvalue weighted by Crippen LogP contribution is 2.37. The minimum atomic E-state index is -0.497. The van der Waals surface area contributed by atoms with E-state index in [9.17, 15) is 4.79 Å². The number of aliphatic imine (C=N–C) groups is 1. The normalized spacial score (nSPS) is 26.4. The molecule has 3 rings (SSSR count). The molecule has 3 heterocycles. The van der Waals surface area contributed by atoms with Gasteiger partial charge in [-0.05, 0) is 37.8 Å². The second kappa shape index (κ2) is 4.40. The molecule has 1 amide bonds. The van der Waals surface area contributed by atoms with E-state index in [4.69, 9.17) is 4.99 Å². The number of likely N-dealkylation sites (N-methyl/N-ethyl adjacent to an activating group) is 1. The molecule has 4 nitrogen and oxygen atoms in total. The van der Waals surface area contributed by atoms with E-state index in [0.29, 0.717) is 0 Å². The number of nitrogens with zero attached hydrogens (tertiary/aromatic N) is 3. The first-order valence-electron chi connectivity index (χ1n) is 6.49. The van der Waals surface area contributed by atoms with Gasteiger partial charge in [-0.3, -0.25) is 14.8 Å². The molecule has 1 atom stereocenters. The van der Waals surface area contributed by atoms with Crippen LogP contribution in [-0.2, 0) is 4.79 Å². The number of halogens is 1. The van der Waals surface area contributed by atoms with Gasteiger partial charge in [0.05, 0.1) is 11.4 Å². The van der Waals surface area contributed by atoms with Crippen molar-refractivity contribution in [1.29, 1.82) is 0 Å². The maximum absolute atomic E-state index is 12.2. The third-order valence-electron chi connectivity index (χ3n) is 4.06. The highest BCUT2D eigenvalue weighted by atomic mass is 79.9. The van der Waals surface area contributed by atoms with Gasteiger partial charge in [-0.2, -0.15) is 0 Å². The zero-order valence-electron chi connectivity index (χ0n) is 11.1. The number of carbonyl (C=O) groups excluding carboxylic acids is 1. The van der Waals surface area contributed by atoms with Gasteiger partial charge >= 0.3 is 0 Å². The number of aromatic nitrogens is 1. The number of hydrogen-bond acceptors (Lipinski definition) is 3. The van der Waals surface area contributed by atoms with E-state index < -0.39 is 5.54 Å². The zero-order valence-corrected chi connectivity index (χ0v) is 12.7. The largest absolute Gasteiger partial charge is 0.344 e. The molecule has 0 aromatic carbocycles.